The highest BCUT2D eigenvalue weighted by atomic mass is 19.1. The Morgan fingerprint density at radius 3 is 2.54 bits per heavy atom. The molecule has 1 aromatic heterocycles. The summed E-state index contributed by atoms with van der Waals surface area (Å²) in [4.78, 5) is 13.1. The van der Waals surface area contributed by atoms with Gasteiger partial charge in [0.15, 0.2) is 0 Å². The molecule has 1 fully saturated rings. The fourth-order valence-electron chi connectivity index (χ4n) is 3.28. The summed E-state index contributed by atoms with van der Waals surface area (Å²) in [6.07, 6.45) is 1.45. The van der Waals surface area contributed by atoms with E-state index in [1.54, 1.807) is 6.07 Å². The van der Waals surface area contributed by atoms with Crippen LogP contribution in [0.2, 0.25) is 0 Å². The van der Waals surface area contributed by atoms with E-state index in [1.807, 2.05) is 36.4 Å². The molecule has 2 heterocycles. The largest absolute Gasteiger partial charge is 0.492 e. The molecule has 0 aliphatic carbocycles. The van der Waals surface area contributed by atoms with Gasteiger partial charge in [-0.3, -0.25) is 4.90 Å². The summed E-state index contributed by atoms with van der Waals surface area (Å²) in [5, 5.41) is 0.772. The second-order valence-electron chi connectivity index (χ2n) is 6.32. The van der Waals surface area contributed by atoms with Crippen molar-refractivity contribution in [1.82, 2.24) is 14.9 Å². The van der Waals surface area contributed by atoms with Crippen LogP contribution < -0.4 is 9.64 Å². The molecule has 26 heavy (non-hydrogen) atoms. The Labute approximate surface area is 152 Å². The molecule has 1 aliphatic rings. The number of nitrogens with zero attached hydrogens (tertiary/aromatic N) is 4. The highest BCUT2D eigenvalue weighted by molar-refractivity contribution is 5.89. The molecular formula is C20H21FN4O. The number of fused-ring (bicyclic) bond motifs is 1. The van der Waals surface area contributed by atoms with E-state index >= 15 is 0 Å². The third-order valence-corrected chi connectivity index (χ3v) is 4.69. The number of rotatable bonds is 5. The van der Waals surface area contributed by atoms with Gasteiger partial charge in [0.1, 0.15) is 35.8 Å². The second kappa shape index (κ2) is 7.66. The van der Waals surface area contributed by atoms with E-state index in [4.69, 9.17) is 4.74 Å². The molecule has 0 amide bonds. The van der Waals surface area contributed by atoms with E-state index in [9.17, 15) is 4.39 Å². The predicted octanol–water partition coefficient (Wildman–Crippen LogP) is 2.97. The molecule has 0 spiro atoms. The normalized spacial score (nSPS) is 15.3. The molecule has 0 unspecified atom stereocenters. The van der Waals surface area contributed by atoms with Crippen molar-refractivity contribution < 1.29 is 9.13 Å². The Balaban J connectivity index is 1.35. The van der Waals surface area contributed by atoms with Gasteiger partial charge in [-0.15, -0.1) is 0 Å². The van der Waals surface area contributed by atoms with E-state index in [1.165, 1.54) is 12.4 Å². The Bertz CT molecular complexity index is 866. The number of para-hydroxylation sites is 2. The van der Waals surface area contributed by atoms with Crippen molar-refractivity contribution in [1.29, 1.82) is 0 Å². The maximum absolute atomic E-state index is 13.9. The average Bonchev–Trinajstić information content (AvgIpc) is 2.69. The van der Waals surface area contributed by atoms with Crippen LogP contribution in [0.3, 0.4) is 0 Å². The summed E-state index contributed by atoms with van der Waals surface area (Å²) in [6.45, 7) is 5.13. The summed E-state index contributed by atoms with van der Waals surface area (Å²) in [5.74, 6) is 1.41. The molecule has 1 aliphatic heterocycles. The minimum absolute atomic E-state index is 0.303. The Morgan fingerprint density at radius 1 is 0.923 bits per heavy atom. The van der Waals surface area contributed by atoms with E-state index in [-0.39, 0.29) is 5.82 Å². The fourth-order valence-corrected chi connectivity index (χ4v) is 3.28. The lowest BCUT2D eigenvalue weighted by Crippen LogP contribution is -2.47. The first-order valence-corrected chi connectivity index (χ1v) is 8.85. The molecule has 2 aromatic carbocycles. The summed E-state index contributed by atoms with van der Waals surface area (Å²) >= 11 is 0. The molecule has 0 bridgehead atoms. The molecule has 0 atom stereocenters. The number of benzene rings is 2. The zero-order chi connectivity index (χ0) is 17.8. The van der Waals surface area contributed by atoms with Gasteiger partial charge < -0.3 is 9.64 Å². The first-order chi connectivity index (χ1) is 12.8. The van der Waals surface area contributed by atoms with Crippen molar-refractivity contribution in [3.8, 4) is 5.75 Å². The number of halogens is 1. The third kappa shape index (κ3) is 3.60. The smallest absolute Gasteiger partial charge is 0.149 e. The molecule has 134 valence electrons. The second-order valence-corrected chi connectivity index (χ2v) is 6.32. The number of anilines is 1. The van der Waals surface area contributed by atoms with Crippen molar-refractivity contribution in [2.24, 2.45) is 0 Å². The lowest BCUT2D eigenvalue weighted by Gasteiger charge is -2.35. The van der Waals surface area contributed by atoms with Crippen molar-refractivity contribution in [3.63, 3.8) is 0 Å². The zero-order valence-corrected chi connectivity index (χ0v) is 14.5. The fraction of sp³-hybridized carbons (Fsp3) is 0.300. The van der Waals surface area contributed by atoms with Crippen LogP contribution in [0.1, 0.15) is 0 Å². The molecule has 5 nitrogen and oxygen atoms in total. The molecular weight excluding hydrogens is 331 g/mol. The standard InChI is InChI=1S/C20H21FN4O/c21-18-8-4-7-17-19(18)22-15-23-20(17)25-11-9-24(10-12-25)13-14-26-16-5-2-1-3-6-16/h1-8,15H,9-14H2. The number of piperazine rings is 1. The summed E-state index contributed by atoms with van der Waals surface area (Å²) in [5.41, 5.74) is 0.385. The highest BCUT2D eigenvalue weighted by Crippen LogP contribution is 2.25. The van der Waals surface area contributed by atoms with Crippen molar-refractivity contribution in [2.75, 3.05) is 44.2 Å². The van der Waals surface area contributed by atoms with E-state index in [0.29, 0.717) is 12.1 Å². The number of ether oxygens (including phenoxy) is 1. The zero-order valence-electron chi connectivity index (χ0n) is 14.5. The van der Waals surface area contributed by atoms with Crippen LogP contribution in [0.15, 0.2) is 54.9 Å². The summed E-state index contributed by atoms with van der Waals surface area (Å²) in [7, 11) is 0. The van der Waals surface area contributed by atoms with Gasteiger partial charge in [0.25, 0.3) is 0 Å². The summed E-state index contributed by atoms with van der Waals surface area (Å²) in [6, 6.07) is 14.9. The van der Waals surface area contributed by atoms with E-state index in [2.05, 4.69) is 19.8 Å². The van der Waals surface area contributed by atoms with Gasteiger partial charge in [-0.2, -0.15) is 0 Å². The van der Waals surface area contributed by atoms with Gasteiger partial charge in [0.05, 0.1) is 0 Å². The SMILES string of the molecule is Fc1cccc2c(N3CCN(CCOc4ccccc4)CC3)ncnc12. The van der Waals surface area contributed by atoms with E-state index in [0.717, 1.165) is 49.7 Å². The molecule has 1 saturated heterocycles. The van der Waals surface area contributed by atoms with Gasteiger partial charge in [0.2, 0.25) is 0 Å². The van der Waals surface area contributed by atoms with Crippen molar-refractivity contribution in [3.05, 3.63) is 60.7 Å². The van der Waals surface area contributed by atoms with Crippen molar-refractivity contribution in [2.45, 2.75) is 0 Å². The molecule has 4 rings (SSSR count). The Hall–Kier alpha value is -2.73. The third-order valence-electron chi connectivity index (χ3n) is 4.69. The van der Waals surface area contributed by atoms with Crippen LogP contribution in [-0.4, -0.2) is 54.2 Å². The number of hydrogen-bond acceptors (Lipinski definition) is 5. The summed E-state index contributed by atoms with van der Waals surface area (Å²) < 4.78 is 19.7. The molecule has 6 heteroatoms. The van der Waals surface area contributed by atoms with Crippen LogP contribution in [0.5, 0.6) is 5.75 Å². The minimum atomic E-state index is -0.303. The molecule has 0 saturated carbocycles. The lowest BCUT2D eigenvalue weighted by molar-refractivity contribution is 0.200. The quantitative estimate of drug-likeness (QED) is 0.706. The number of hydrogen-bond donors (Lipinski definition) is 0. The molecule has 3 aromatic rings. The maximum Gasteiger partial charge on any atom is 0.149 e. The van der Waals surface area contributed by atoms with Crippen LogP contribution in [0.4, 0.5) is 10.2 Å². The molecule has 0 N–H and O–H groups in total. The van der Waals surface area contributed by atoms with Crippen LogP contribution in [-0.2, 0) is 0 Å². The first kappa shape index (κ1) is 16.7. The topological polar surface area (TPSA) is 41.5 Å². The van der Waals surface area contributed by atoms with E-state index < -0.39 is 0 Å². The van der Waals surface area contributed by atoms with Crippen LogP contribution >= 0.6 is 0 Å². The van der Waals surface area contributed by atoms with Gasteiger partial charge in [-0.25, -0.2) is 14.4 Å². The Morgan fingerprint density at radius 2 is 1.73 bits per heavy atom. The van der Waals surface area contributed by atoms with Gasteiger partial charge in [-0.1, -0.05) is 24.3 Å². The average molecular weight is 352 g/mol. The van der Waals surface area contributed by atoms with Crippen LogP contribution in [0, 0.1) is 5.82 Å². The predicted molar refractivity (Wildman–Crippen MR) is 100 cm³/mol. The Kier molecular flexibility index (Phi) is 4.93. The maximum atomic E-state index is 13.9. The van der Waals surface area contributed by atoms with Crippen molar-refractivity contribution >= 4 is 16.7 Å². The highest BCUT2D eigenvalue weighted by Gasteiger charge is 2.20. The minimum Gasteiger partial charge on any atom is -0.492 e. The van der Waals surface area contributed by atoms with Gasteiger partial charge in [0, 0.05) is 38.1 Å². The number of aromatic nitrogens is 2. The lowest BCUT2D eigenvalue weighted by atomic mass is 10.2. The van der Waals surface area contributed by atoms with Gasteiger partial charge >= 0.3 is 0 Å². The monoisotopic (exact) mass is 352 g/mol. The van der Waals surface area contributed by atoms with Crippen LogP contribution in [0.25, 0.3) is 10.9 Å². The van der Waals surface area contributed by atoms with Gasteiger partial charge in [-0.05, 0) is 24.3 Å². The molecule has 0 radical (unpaired) electrons. The first-order valence-electron chi connectivity index (χ1n) is 8.85.